The fraction of sp³-hybridized carbons (Fsp3) is 0.476. The Balaban J connectivity index is 1.40. The molecule has 8 heteroatoms. The van der Waals surface area contributed by atoms with Gasteiger partial charge in [0.15, 0.2) is 0 Å². The van der Waals surface area contributed by atoms with Gasteiger partial charge in [0.2, 0.25) is 0 Å². The predicted molar refractivity (Wildman–Crippen MR) is 112 cm³/mol. The molecular formula is C21H28N6O2. The highest BCUT2D eigenvalue weighted by atomic mass is 16.5. The summed E-state index contributed by atoms with van der Waals surface area (Å²) >= 11 is 0. The summed E-state index contributed by atoms with van der Waals surface area (Å²) in [6.07, 6.45) is 6.44. The Labute approximate surface area is 171 Å². The molecule has 0 atom stereocenters. The van der Waals surface area contributed by atoms with Crippen LogP contribution in [0.5, 0.6) is 5.75 Å². The zero-order chi connectivity index (χ0) is 20.1. The number of piperazine rings is 1. The summed E-state index contributed by atoms with van der Waals surface area (Å²) < 4.78 is 13.0. The fourth-order valence-corrected chi connectivity index (χ4v) is 3.68. The minimum atomic E-state index is 0.543. The summed E-state index contributed by atoms with van der Waals surface area (Å²) in [6, 6.07) is 6.02. The molecular weight excluding hydrogens is 368 g/mol. The zero-order valence-corrected chi connectivity index (χ0v) is 17.1. The molecule has 154 valence electrons. The van der Waals surface area contributed by atoms with Crippen LogP contribution in [0.1, 0.15) is 12.5 Å². The highest BCUT2D eigenvalue weighted by Crippen LogP contribution is 2.22. The van der Waals surface area contributed by atoms with Crippen molar-refractivity contribution in [2.75, 3.05) is 51.4 Å². The second kappa shape index (κ2) is 9.19. The molecule has 29 heavy (non-hydrogen) atoms. The van der Waals surface area contributed by atoms with E-state index in [0.717, 1.165) is 61.9 Å². The predicted octanol–water partition coefficient (Wildman–Crippen LogP) is 2.19. The average molecular weight is 396 g/mol. The van der Waals surface area contributed by atoms with E-state index in [1.807, 2.05) is 24.7 Å². The molecule has 0 N–H and O–H groups in total. The van der Waals surface area contributed by atoms with E-state index in [-0.39, 0.29) is 0 Å². The molecule has 0 amide bonds. The summed E-state index contributed by atoms with van der Waals surface area (Å²) in [6.45, 7) is 7.97. The van der Waals surface area contributed by atoms with E-state index >= 15 is 0 Å². The lowest BCUT2D eigenvalue weighted by atomic mass is 10.2. The van der Waals surface area contributed by atoms with Gasteiger partial charge in [-0.3, -0.25) is 4.90 Å². The maximum Gasteiger partial charge on any atom is 0.135 e. The summed E-state index contributed by atoms with van der Waals surface area (Å²) in [7, 11) is 1.68. The maximum absolute atomic E-state index is 5.76. The third-order valence-corrected chi connectivity index (χ3v) is 5.32. The van der Waals surface area contributed by atoms with Crippen LogP contribution in [0.15, 0.2) is 37.1 Å². The molecule has 4 rings (SSSR count). The third kappa shape index (κ3) is 4.49. The quantitative estimate of drug-likeness (QED) is 0.541. The summed E-state index contributed by atoms with van der Waals surface area (Å²) in [5, 5.41) is 0. The SMILES string of the molecule is CCc1cncnc1N1CCN(Cn2cnc3ccc(OCCOC)cc32)CC1. The molecule has 0 aliphatic carbocycles. The van der Waals surface area contributed by atoms with E-state index in [9.17, 15) is 0 Å². The van der Waals surface area contributed by atoms with Crippen LogP contribution in [0.3, 0.4) is 0 Å². The van der Waals surface area contributed by atoms with Crippen molar-refractivity contribution in [3.8, 4) is 5.75 Å². The largest absolute Gasteiger partial charge is 0.491 e. The van der Waals surface area contributed by atoms with E-state index in [1.165, 1.54) is 5.56 Å². The lowest BCUT2D eigenvalue weighted by Gasteiger charge is -2.36. The first kappa shape index (κ1) is 19.6. The molecule has 2 aromatic heterocycles. The Morgan fingerprint density at radius 3 is 2.72 bits per heavy atom. The van der Waals surface area contributed by atoms with Gasteiger partial charge in [-0.15, -0.1) is 0 Å². The van der Waals surface area contributed by atoms with Crippen molar-refractivity contribution in [1.82, 2.24) is 24.4 Å². The average Bonchev–Trinajstić information content (AvgIpc) is 3.16. The van der Waals surface area contributed by atoms with Crippen LogP contribution in [0.25, 0.3) is 11.0 Å². The normalized spacial score (nSPS) is 15.2. The van der Waals surface area contributed by atoms with Crippen molar-refractivity contribution < 1.29 is 9.47 Å². The molecule has 0 saturated carbocycles. The van der Waals surface area contributed by atoms with E-state index in [1.54, 1.807) is 13.4 Å². The zero-order valence-electron chi connectivity index (χ0n) is 17.1. The van der Waals surface area contributed by atoms with Crippen molar-refractivity contribution in [2.45, 2.75) is 20.0 Å². The Kier molecular flexibility index (Phi) is 6.21. The van der Waals surface area contributed by atoms with Crippen LogP contribution in [-0.2, 0) is 17.8 Å². The summed E-state index contributed by atoms with van der Waals surface area (Å²) in [5.41, 5.74) is 3.28. The number of hydrogen-bond acceptors (Lipinski definition) is 7. The van der Waals surface area contributed by atoms with E-state index in [0.29, 0.717) is 13.2 Å². The van der Waals surface area contributed by atoms with Gasteiger partial charge in [0.25, 0.3) is 0 Å². The molecule has 0 radical (unpaired) electrons. The van der Waals surface area contributed by atoms with E-state index in [2.05, 4.69) is 42.3 Å². The number of methoxy groups -OCH3 is 1. The fourth-order valence-electron chi connectivity index (χ4n) is 3.68. The van der Waals surface area contributed by atoms with Gasteiger partial charge in [0.1, 0.15) is 24.5 Å². The molecule has 1 fully saturated rings. The second-order valence-electron chi connectivity index (χ2n) is 7.18. The molecule has 1 aliphatic heterocycles. The first-order valence-corrected chi connectivity index (χ1v) is 10.1. The first-order chi connectivity index (χ1) is 14.3. The van der Waals surface area contributed by atoms with Gasteiger partial charge >= 0.3 is 0 Å². The van der Waals surface area contributed by atoms with Gasteiger partial charge < -0.3 is 18.9 Å². The van der Waals surface area contributed by atoms with Gasteiger partial charge in [-0.1, -0.05) is 6.92 Å². The Hall–Kier alpha value is -2.71. The molecule has 0 unspecified atom stereocenters. The number of benzene rings is 1. The molecule has 1 aromatic carbocycles. The Morgan fingerprint density at radius 2 is 1.93 bits per heavy atom. The standard InChI is InChI=1S/C21H28N6O2/c1-3-17-13-22-14-23-21(17)26-8-6-25(7-9-26)16-27-15-24-19-5-4-18(12-20(19)27)29-11-10-28-2/h4-5,12-15H,3,6-11,16H2,1-2H3. The Bertz CT molecular complexity index is 936. The van der Waals surface area contributed by atoms with Gasteiger partial charge in [-0.25, -0.2) is 15.0 Å². The van der Waals surface area contributed by atoms with Crippen molar-refractivity contribution in [3.63, 3.8) is 0 Å². The number of hydrogen-bond donors (Lipinski definition) is 0. The number of rotatable bonds is 8. The summed E-state index contributed by atoms with van der Waals surface area (Å²) in [5.74, 6) is 1.92. The molecule has 8 nitrogen and oxygen atoms in total. The van der Waals surface area contributed by atoms with Crippen LogP contribution in [0, 0.1) is 0 Å². The van der Waals surface area contributed by atoms with E-state index in [4.69, 9.17) is 9.47 Å². The van der Waals surface area contributed by atoms with Crippen molar-refractivity contribution in [3.05, 3.63) is 42.6 Å². The van der Waals surface area contributed by atoms with Crippen LogP contribution in [0.2, 0.25) is 0 Å². The lowest BCUT2D eigenvalue weighted by Crippen LogP contribution is -2.47. The first-order valence-electron chi connectivity index (χ1n) is 10.1. The molecule has 1 saturated heterocycles. The highest BCUT2D eigenvalue weighted by Gasteiger charge is 2.20. The molecule has 1 aliphatic rings. The van der Waals surface area contributed by atoms with E-state index < -0.39 is 0 Å². The topological polar surface area (TPSA) is 68.5 Å². The number of ether oxygens (including phenoxy) is 2. The second-order valence-corrected chi connectivity index (χ2v) is 7.18. The van der Waals surface area contributed by atoms with Gasteiger partial charge in [-0.05, 0) is 18.6 Å². The number of imidazole rings is 1. The van der Waals surface area contributed by atoms with Gasteiger partial charge in [0.05, 0.1) is 30.6 Å². The molecule has 3 heterocycles. The van der Waals surface area contributed by atoms with Crippen LogP contribution in [0.4, 0.5) is 5.82 Å². The Morgan fingerprint density at radius 1 is 1.07 bits per heavy atom. The van der Waals surface area contributed by atoms with Gasteiger partial charge in [-0.2, -0.15) is 0 Å². The lowest BCUT2D eigenvalue weighted by molar-refractivity contribution is 0.146. The number of aromatic nitrogens is 4. The number of anilines is 1. The molecule has 0 bridgehead atoms. The minimum Gasteiger partial charge on any atom is -0.491 e. The molecule has 0 spiro atoms. The van der Waals surface area contributed by atoms with Gasteiger partial charge in [0, 0.05) is 51.1 Å². The van der Waals surface area contributed by atoms with Crippen LogP contribution < -0.4 is 9.64 Å². The third-order valence-electron chi connectivity index (χ3n) is 5.32. The number of fused-ring (bicyclic) bond motifs is 1. The highest BCUT2D eigenvalue weighted by molar-refractivity contribution is 5.77. The molecule has 3 aromatic rings. The number of aryl methyl sites for hydroxylation is 1. The number of nitrogens with zero attached hydrogens (tertiary/aromatic N) is 6. The summed E-state index contributed by atoms with van der Waals surface area (Å²) in [4.78, 5) is 18.0. The van der Waals surface area contributed by atoms with Crippen molar-refractivity contribution >= 4 is 16.9 Å². The minimum absolute atomic E-state index is 0.543. The van der Waals surface area contributed by atoms with Crippen molar-refractivity contribution in [1.29, 1.82) is 0 Å². The smallest absolute Gasteiger partial charge is 0.135 e. The maximum atomic E-state index is 5.76. The van der Waals surface area contributed by atoms with Crippen LogP contribution in [-0.4, -0.2) is 70.9 Å². The van der Waals surface area contributed by atoms with Crippen LogP contribution >= 0.6 is 0 Å². The monoisotopic (exact) mass is 396 g/mol. The van der Waals surface area contributed by atoms with Crippen molar-refractivity contribution in [2.24, 2.45) is 0 Å².